The van der Waals surface area contributed by atoms with Gasteiger partial charge in [-0.15, -0.1) is 11.8 Å². The second kappa shape index (κ2) is 7.10. The molecule has 0 amide bonds. The molecule has 0 saturated heterocycles. The first-order chi connectivity index (χ1) is 6.84. The maximum Gasteiger partial charge on any atom is 0.115 e. The molecule has 0 atom stereocenters. The summed E-state index contributed by atoms with van der Waals surface area (Å²) in [6.45, 7) is 4.25. The molecule has 0 spiro atoms. The molecule has 0 aromatic carbocycles. The average molecular weight is 231 g/mol. The Bertz CT molecular complexity index is 268. The van der Waals surface area contributed by atoms with Crippen molar-refractivity contribution in [3.63, 3.8) is 0 Å². The van der Waals surface area contributed by atoms with Gasteiger partial charge in [0.15, 0.2) is 0 Å². The highest BCUT2D eigenvalue weighted by Crippen LogP contribution is 2.23. The van der Waals surface area contributed by atoms with Gasteiger partial charge in [-0.1, -0.05) is 18.5 Å². The Morgan fingerprint density at radius 1 is 1.50 bits per heavy atom. The Hall–Kier alpha value is -0.250. The number of halogens is 1. The second-order valence-electron chi connectivity index (χ2n) is 2.89. The summed E-state index contributed by atoms with van der Waals surface area (Å²) in [7, 11) is 0. The number of aromatic nitrogens is 1. The Labute approximate surface area is 94.5 Å². The molecule has 14 heavy (non-hydrogen) atoms. The summed E-state index contributed by atoms with van der Waals surface area (Å²) in [5.74, 6) is 1.01. The zero-order valence-corrected chi connectivity index (χ0v) is 9.87. The zero-order chi connectivity index (χ0) is 10.2. The average Bonchev–Trinajstić information content (AvgIpc) is 2.20. The summed E-state index contributed by atoms with van der Waals surface area (Å²) in [6, 6.07) is 3.72. The predicted octanol–water partition coefficient (Wildman–Crippen LogP) is 2.83. The number of nitrogens with zero attached hydrogens (tertiary/aromatic N) is 1. The number of rotatable bonds is 6. The summed E-state index contributed by atoms with van der Waals surface area (Å²) in [6.07, 6.45) is 2.95. The third kappa shape index (κ3) is 4.31. The molecule has 78 valence electrons. The van der Waals surface area contributed by atoms with Crippen LogP contribution in [0.1, 0.15) is 13.3 Å². The fraction of sp³-hybridized carbons (Fsp3) is 0.500. The van der Waals surface area contributed by atoms with Crippen molar-refractivity contribution in [2.24, 2.45) is 0 Å². The number of hydrogen-bond acceptors (Lipinski definition) is 3. The molecule has 1 aromatic rings. The van der Waals surface area contributed by atoms with Crippen LogP contribution in [0, 0.1) is 0 Å². The van der Waals surface area contributed by atoms with Crippen LogP contribution in [0.25, 0.3) is 0 Å². The molecule has 1 N–H and O–H groups in total. The lowest BCUT2D eigenvalue weighted by molar-refractivity contribution is 0.707. The van der Waals surface area contributed by atoms with Gasteiger partial charge in [-0.05, 0) is 25.1 Å². The van der Waals surface area contributed by atoms with Crippen LogP contribution in [0.15, 0.2) is 23.4 Å². The molecule has 1 rings (SSSR count). The Kier molecular flexibility index (Phi) is 5.99. The SMILES string of the molecule is CCCNCCSc1ncccc1Cl. The third-order valence-electron chi connectivity index (χ3n) is 1.67. The van der Waals surface area contributed by atoms with E-state index in [2.05, 4.69) is 17.2 Å². The number of pyridine rings is 1. The van der Waals surface area contributed by atoms with Gasteiger partial charge in [0.05, 0.1) is 5.02 Å². The molecule has 0 aliphatic rings. The highest BCUT2D eigenvalue weighted by molar-refractivity contribution is 7.99. The lowest BCUT2D eigenvalue weighted by atomic mass is 10.5. The number of thioether (sulfide) groups is 1. The molecule has 0 bridgehead atoms. The maximum atomic E-state index is 5.96. The van der Waals surface area contributed by atoms with Crippen molar-refractivity contribution in [1.82, 2.24) is 10.3 Å². The quantitative estimate of drug-likeness (QED) is 0.601. The Balaban J connectivity index is 2.21. The summed E-state index contributed by atoms with van der Waals surface area (Å²) >= 11 is 7.65. The van der Waals surface area contributed by atoms with Crippen LogP contribution in [0.5, 0.6) is 0 Å². The van der Waals surface area contributed by atoms with Crippen molar-refractivity contribution in [2.75, 3.05) is 18.8 Å². The van der Waals surface area contributed by atoms with E-state index in [1.807, 2.05) is 12.1 Å². The van der Waals surface area contributed by atoms with E-state index in [9.17, 15) is 0 Å². The number of hydrogen-bond donors (Lipinski definition) is 1. The highest BCUT2D eigenvalue weighted by atomic mass is 35.5. The Morgan fingerprint density at radius 3 is 3.07 bits per heavy atom. The van der Waals surface area contributed by atoms with Gasteiger partial charge in [0.25, 0.3) is 0 Å². The zero-order valence-electron chi connectivity index (χ0n) is 8.29. The fourth-order valence-electron chi connectivity index (χ4n) is 0.999. The van der Waals surface area contributed by atoms with Crippen molar-refractivity contribution in [1.29, 1.82) is 0 Å². The largest absolute Gasteiger partial charge is 0.316 e. The molecule has 0 aliphatic carbocycles. The van der Waals surface area contributed by atoms with Crippen LogP contribution < -0.4 is 5.32 Å². The van der Waals surface area contributed by atoms with Crippen LogP contribution >= 0.6 is 23.4 Å². The Morgan fingerprint density at radius 2 is 2.36 bits per heavy atom. The van der Waals surface area contributed by atoms with Gasteiger partial charge in [0.2, 0.25) is 0 Å². The molecule has 0 fully saturated rings. The van der Waals surface area contributed by atoms with Crippen LogP contribution in [-0.2, 0) is 0 Å². The van der Waals surface area contributed by atoms with Gasteiger partial charge in [0.1, 0.15) is 5.03 Å². The molecule has 2 nitrogen and oxygen atoms in total. The molecule has 0 aliphatic heterocycles. The minimum atomic E-state index is 0.744. The van der Waals surface area contributed by atoms with Gasteiger partial charge in [0, 0.05) is 18.5 Å². The molecular formula is C10H15ClN2S. The van der Waals surface area contributed by atoms with E-state index in [1.165, 1.54) is 6.42 Å². The van der Waals surface area contributed by atoms with Crippen LogP contribution in [0.2, 0.25) is 5.02 Å². The normalized spacial score (nSPS) is 10.4. The van der Waals surface area contributed by atoms with Crippen molar-refractivity contribution >= 4 is 23.4 Å². The monoisotopic (exact) mass is 230 g/mol. The summed E-state index contributed by atoms with van der Waals surface area (Å²) in [4.78, 5) is 4.20. The van der Waals surface area contributed by atoms with Gasteiger partial charge in [-0.3, -0.25) is 0 Å². The topological polar surface area (TPSA) is 24.9 Å². The maximum absolute atomic E-state index is 5.96. The molecule has 0 radical (unpaired) electrons. The minimum absolute atomic E-state index is 0.744. The van der Waals surface area contributed by atoms with E-state index in [4.69, 9.17) is 11.6 Å². The van der Waals surface area contributed by atoms with Crippen LogP contribution in [0.3, 0.4) is 0 Å². The lowest BCUT2D eigenvalue weighted by Gasteiger charge is -2.03. The van der Waals surface area contributed by atoms with E-state index in [0.29, 0.717) is 0 Å². The lowest BCUT2D eigenvalue weighted by Crippen LogP contribution is -2.17. The number of nitrogens with one attached hydrogen (secondary N) is 1. The molecule has 0 saturated carbocycles. The molecule has 4 heteroatoms. The molecule has 0 unspecified atom stereocenters. The predicted molar refractivity (Wildman–Crippen MR) is 63.1 cm³/mol. The van der Waals surface area contributed by atoms with Gasteiger partial charge in [-0.2, -0.15) is 0 Å². The smallest absolute Gasteiger partial charge is 0.115 e. The highest BCUT2D eigenvalue weighted by Gasteiger charge is 1.99. The fourth-order valence-corrected chi connectivity index (χ4v) is 2.07. The standard InChI is InChI=1S/C10H15ClN2S/c1-2-5-12-7-8-14-10-9(11)4-3-6-13-10/h3-4,6,12H,2,5,7-8H2,1H3. The van der Waals surface area contributed by atoms with Crippen molar-refractivity contribution in [3.8, 4) is 0 Å². The summed E-state index contributed by atoms with van der Waals surface area (Å²) < 4.78 is 0. The van der Waals surface area contributed by atoms with Crippen LogP contribution in [0.4, 0.5) is 0 Å². The van der Waals surface area contributed by atoms with E-state index >= 15 is 0 Å². The van der Waals surface area contributed by atoms with E-state index in [-0.39, 0.29) is 0 Å². The van der Waals surface area contributed by atoms with Gasteiger partial charge in [-0.25, -0.2) is 4.98 Å². The second-order valence-corrected chi connectivity index (χ2v) is 4.38. The molecule has 1 aromatic heterocycles. The summed E-state index contributed by atoms with van der Waals surface area (Å²) in [5, 5.41) is 5.00. The first kappa shape index (κ1) is 11.8. The van der Waals surface area contributed by atoms with Gasteiger partial charge < -0.3 is 5.32 Å². The van der Waals surface area contributed by atoms with Crippen molar-refractivity contribution in [3.05, 3.63) is 23.4 Å². The first-order valence-electron chi connectivity index (χ1n) is 4.78. The third-order valence-corrected chi connectivity index (χ3v) is 3.09. The molecule has 1 heterocycles. The first-order valence-corrected chi connectivity index (χ1v) is 6.15. The molecular weight excluding hydrogens is 216 g/mol. The van der Waals surface area contributed by atoms with E-state index in [0.717, 1.165) is 28.9 Å². The van der Waals surface area contributed by atoms with Crippen molar-refractivity contribution < 1.29 is 0 Å². The van der Waals surface area contributed by atoms with E-state index in [1.54, 1.807) is 18.0 Å². The summed E-state index contributed by atoms with van der Waals surface area (Å²) in [5.41, 5.74) is 0. The van der Waals surface area contributed by atoms with Gasteiger partial charge >= 0.3 is 0 Å². The van der Waals surface area contributed by atoms with E-state index < -0.39 is 0 Å². The van der Waals surface area contributed by atoms with Crippen LogP contribution in [-0.4, -0.2) is 23.8 Å². The minimum Gasteiger partial charge on any atom is -0.316 e. The van der Waals surface area contributed by atoms with Crippen molar-refractivity contribution in [2.45, 2.75) is 18.4 Å².